The zero-order valence-corrected chi connectivity index (χ0v) is 8.56. The van der Waals surface area contributed by atoms with Gasteiger partial charge in [-0.15, -0.1) is 11.6 Å². The van der Waals surface area contributed by atoms with E-state index in [0.717, 1.165) is 5.92 Å². The molecule has 0 spiro atoms. The van der Waals surface area contributed by atoms with Crippen molar-refractivity contribution in [1.82, 2.24) is 4.90 Å². The Kier molecular flexibility index (Phi) is 2.61. The summed E-state index contributed by atoms with van der Waals surface area (Å²) >= 11 is 6.16. The van der Waals surface area contributed by atoms with Crippen LogP contribution in [0.5, 0.6) is 0 Å². The highest BCUT2D eigenvalue weighted by Gasteiger charge is 2.29. The van der Waals surface area contributed by atoms with E-state index in [0.29, 0.717) is 11.3 Å². The number of alkyl halides is 1. The highest BCUT2D eigenvalue weighted by atomic mass is 35.5. The van der Waals surface area contributed by atoms with Crippen molar-refractivity contribution >= 4 is 11.6 Å². The van der Waals surface area contributed by atoms with Gasteiger partial charge in [0.1, 0.15) is 0 Å². The molecule has 0 aromatic carbocycles. The molecule has 1 aliphatic heterocycles. The van der Waals surface area contributed by atoms with Crippen molar-refractivity contribution in [3.63, 3.8) is 0 Å². The van der Waals surface area contributed by atoms with Crippen LogP contribution in [0, 0.1) is 11.8 Å². The minimum atomic E-state index is 0.431. The molecule has 2 atom stereocenters. The summed E-state index contributed by atoms with van der Waals surface area (Å²) in [5, 5.41) is 0.431. The van der Waals surface area contributed by atoms with E-state index in [2.05, 4.69) is 11.8 Å². The molecule has 2 fully saturated rings. The molecule has 2 aliphatic rings. The minimum Gasteiger partial charge on any atom is -0.303 e. The lowest BCUT2D eigenvalue weighted by molar-refractivity contribution is 0.180. The van der Waals surface area contributed by atoms with Crippen molar-refractivity contribution in [2.45, 2.75) is 31.6 Å². The van der Waals surface area contributed by atoms with Crippen LogP contribution in [0.25, 0.3) is 0 Å². The molecule has 0 amide bonds. The summed E-state index contributed by atoms with van der Waals surface area (Å²) in [6.07, 6.45) is 4.12. The van der Waals surface area contributed by atoms with Gasteiger partial charge in [-0.05, 0) is 37.6 Å². The van der Waals surface area contributed by atoms with E-state index in [9.17, 15) is 0 Å². The number of piperidine rings is 1. The standard InChI is InChI=1S/C10H18ClN/c1-8-6-12(5-4-10(8)11)7-9-2-3-9/h8-10H,2-7H2,1H3. The van der Waals surface area contributed by atoms with Gasteiger partial charge in [0.25, 0.3) is 0 Å². The molecule has 0 aromatic rings. The maximum atomic E-state index is 6.16. The number of hydrogen-bond donors (Lipinski definition) is 0. The minimum absolute atomic E-state index is 0.431. The average Bonchev–Trinajstić information content (AvgIpc) is 2.81. The zero-order chi connectivity index (χ0) is 8.55. The first-order valence-corrected chi connectivity index (χ1v) is 5.56. The molecule has 2 unspecified atom stereocenters. The lowest BCUT2D eigenvalue weighted by Gasteiger charge is -2.34. The van der Waals surface area contributed by atoms with Crippen molar-refractivity contribution in [1.29, 1.82) is 0 Å². The van der Waals surface area contributed by atoms with Crippen molar-refractivity contribution in [2.75, 3.05) is 19.6 Å². The van der Waals surface area contributed by atoms with E-state index in [1.807, 2.05) is 0 Å². The second kappa shape index (κ2) is 3.55. The largest absolute Gasteiger partial charge is 0.303 e. The van der Waals surface area contributed by atoms with Crippen molar-refractivity contribution in [3.05, 3.63) is 0 Å². The molecule has 1 saturated heterocycles. The molecule has 1 heterocycles. The van der Waals surface area contributed by atoms with Gasteiger partial charge in [-0.2, -0.15) is 0 Å². The van der Waals surface area contributed by atoms with E-state index in [-0.39, 0.29) is 0 Å². The molecule has 0 radical (unpaired) electrons. The summed E-state index contributed by atoms with van der Waals surface area (Å²) in [4.78, 5) is 2.60. The monoisotopic (exact) mass is 187 g/mol. The summed E-state index contributed by atoms with van der Waals surface area (Å²) in [7, 11) is 0. The third-order valence-electron chi connectivity index (χ3n) is 3.10. The number of nitrogens with zero attached hydrogens (tertiary/aromatic N) is 1. The Morgan fingerprint density at radius 1 is 1.33 bits per heavy atom. The third kappa shape index (κ3) is 2.14. The SMILES string of the molecule is CC1CN(CC2CC2)CCC1Cl. The van der Waals surface area contributed by atoms with E-state index in [1.54, 1.807) is 0 Å². The number of halogens is 1. The van der Waals surface area contributed by atoms with Gasteiger partial charge in [0, 0.05) is 18.5 Å². The first-order valence-electron chi connectivity index (χ1n) is 5.12. The van der Waals surface area contributed by atoms with Gasteiger partial charge in [0.05, 0.1) is 0 Å². The summed E-state index contributed by atoms with van der Waals surface area (Å²) in [5.74, 6) is 1.73. The molecule has 70 valence electrons. The molecule has 0 N–H and O–H groups in total. The summed E-state index contributed by atoms with van der Waals surface area (Å²) in [6, 6.07) is 0. The molecule has 2 rings (SSSR count). The van der Waals surface area contributed by atoms with Crippen LogP contribution in [0.3, 0.4) is 0 Å². The third-order valence-corrected chi connectivity index (χ3v) is 3.75. The molecule has 2 heteroatoms. The molecule has 1 saturated carbocycles. The second-order valence-electron chi connectivity index (χ2n) is 4.48. The van der Waals surface area contributed by atoms with Crippen molar-refractivity contribution in [3.8, 4) is 0 Å². The van der Waals surface area contributed by atoms with Crippen LogP contribution in [-0.4, -0.2) is 29.9 Å². The van der Waals surface area contributed by atoms with E-state index < -0.39 is 0 Å². The van der Waals surface area contributed by atoms with Crippen LogP contribution in [0.2, 0.25) is 0 Å². The van der Waals surface area contributed by atoms with Crippen LogP contribution in [0.1, 0.15) is 26.2 Å². The first-order chi connectivity index (χ1) is 5.75. The van der Waals surface area contributed by atoms with Gasteiger partial charge < -0.3 is 4.90 Å². The number of rotatable bonds is 2. The lowest BCUT2D eigenvalue weighted by Crippen LogP contribution is -2.40. The van der Waals surface area contributed by atoms with Gasteiger partial charge in [0.2, 0.25) is 0 Å². The Morgan fingerprint density at radius 3 is 2.67 bits per heavy atom. The van der Waals surface area contributed by atoms with Crippen molar-refractivity contribution in [2.24, 2.45) is 11.8 Å². The molecule has 1 nitrogen and oxygen atoms in total. The van der Waals surface area contributed by atoms with Crippen LogP contribution in [-0.2, 0) is 0 Å². The van der Waals surface area contributed by atoms with Crippen molar-refractivity contribution < 1.29 is 0 Å². The Morgan fingerprint density at radius 2 is 2.08 bits per heavy atom. The molecular weight excluding hydrogens is 170 g/mol. The highest BCUT2D eigenvalue weighted by Crippen LogP contribution is 2.31. The predicted molar refractivity (Wildman–Crippen MR) is 52.6 cm³/mol. The van der Waals surface area contributed by atoms with Gasteiger partial charge >= 0.3 is 0 Å². The van der Waals surface area contributed by atoms with E-state index in [4.69, 9.17) is 11.6 Å². The fourth-order valence-corrected chi connectivity index (χ4v) is 2.21. The zero-order valence-electron chi connectivity index (χ0n) is 7.80. The summed E-state index contributed by atoms with van der Waals surface area (Å²) in [5.41, 5.74) is 0. The Balaban J connectivity index is 1.76. The molecule has 0 bridgehead atoms. The lowest BCUT2D eigenvalue weighted by atomic mass is 9.99. The Hall–Kier alpha value is 0.250. The quantitative estimate of drug-likeness (QED) is 0.600. The van der Waals surface area contributed by atoms with Gasteiger partial charge in [0.15, 0.2) is 0 Å². The fourth-order valence-electron chi connectivity index (χ4n) is 2.03. The normalized spacial score (nSPS) is 38.5. The highest BCUT2D eigenvalue weighted by molar-refractivity contribution is 6.20. The maximum Gasteiger partial charge on any atom is 0.0386 e. The molecule has 1 aliphatic carbocycles. The van der Waals surface area contributed by atoms with Gasteiger partial charge in [-0.25, -0.2) is 0 Å². The fraction of sp³-hybridized carbons (Fsp3) is 1.00. The Bertz CT molecular complexity index is 156. The summed E-state index contributed by atoms with van der Waals surface area (Å²) < 4.78 is 0. The maximum absolute atomic E-state index is 6.16. The molecular formula is C10H18ClN. The van der Waals surface area contributed by atoms with Gasteiger partial charge in [-0.3, -0.25) is 0 Å². The molecule has 12 heavy (non-hydrogen) atoms. The van der Waals surface area contributed by atoms with Crippen LogP contribution in [0.15, 0.2) is 0 Å². The number of likely N-dealkylation sites (tertiary alicyclic amines) is 1. The smallest absolute Gasteiger partial charge is 0.0386 e. The first kappa shape index (κ1) is 8.83. The second-order valence-corrected chi connectivity index (χ2v) is 5.05. The van der Waals surface area contributed by atoms with E-state index >= 15 is 0 Å². The van der Waals surface area contributed by atoms with Crippen LogP contribution < -0.4 is 0 Å². The van der Waals surface area contributed by atoms with Crippen LogP contribution >= 0.6 is 11.6 Å². The average molecular weight is 188 g/mol. The predicted octanol–water partition coefficient (Wildman–Crippen LogP) is 2.35. The number of hydrogen-bond acceptors (Lipinski definition) is 1. The summed E-state index contributed by atoms with van der Waals surface area (Å²) in [6.45, 7) is 6.07. The van der Waals surface area contributed by atoms with Crippen LogP contribution in [0.4, 0.5) is 0 Å². The topological polar surface area (TPSA) is 3.24 Å². The van der Waals surface area contributed by atoms with E-state index in [1.165, 1.54) is 38.9 Å². The molecule has 0 aromatic heterocycles. The Labute approximate surface area is 80.1 Å². The van der Waals surface area contributed by atoms with Gasteiger partial charge in [-0.1, -0.05) is 6.92 Å².